The van der Waals surface area contributed by atoms with Gasteiger partial charge in [0.2, 0.25) is 15.9 Å². The van der Waals surface area contributed by atoms with E-state index in [0.29, 0.717) is 0 Å². The summed E-state index contributed by atoms with van der Waals surface area (Å²) in [5, 5.41) is 0. The second-order valence-electron chi connectivity index (χ2n) is 2.93. The van der Waals surface area contributed by atoms with E-state index in [1.165, 1.54) is 6.07 Å². The van der Waals surface area contributed by atoms with Crippen LogP contribution in [0.1, 0.15) is 10.4 Å². The summed E-state index contributed by atoms with van der Waals surface area (Å²) in [7, 11) is -3.54. The van der Waals surface area contributed by atoms with Crippen LogP contribution in [0.15, 0.2) is 18.2 Å². The Hall–Kier alpha value is -1.63. The first-order chi connectivity index (χ1) is 6.79. The second-order valence-corrected chi connectivity index (χ2v) is 4.68. The highest BCUT2D eigenvalue weighted by molar-refractivity contribution is 7.92. The van der Waals surface area contributed by atoms with Crippen LogP contribution in [0.2, 0.25) is 0 Å². The van der Waals surface area contributed by atoms with Gasteiger partial charge >= 0.3 is 0 Å². The molecule has 0 bridgehead atoms. The third-order valence-electron chi connectivity index (χ3n) is 1.55. The van der Waals surface area contributed by atoms with E-state index in [0.717, 1.165) is 18.4 Å². The molecule has 0 aromatic heterocycles. The van der Waals surface area contributed by atoms with Crippen molar-refractivity contribution in [2.24, 2.45) is 5.73 Å². The lowest BCUT2D eigenvalue weighted by molar-refractivity contribution is 0.1000. The molecular formula is C8H9FN2O3S. The molecule has 7 heteroatoms. The molecule has 0 spiro atoms. The maximum absolute atomic E-state index is 13.2. The molecule has 0 aliphatic carbocycles. The second kappa shape index (κ2) is 3.85. The van der Waals surface area contributed by atoms with E-state index in [4.69, 9.17) is 5.73 Å². The molecule has 1 rings (SSSR count). The number of primary amides is 1. The molecule has 0 atom stereocenters. The Morgan fingerprint density at radius 1 is 1.47 bits per heavy atom. The van der Waals surface area contributed by atoms with E-state index in [1.54, 1.807) is 0 Å². The molecule has 0 saturated carbocycles. The molecular weight excluding hydrogens is 223 g/mol. The average Bonchev–Trinajstić information content (AvgIpc) is 2.05. The molecule has 0 fully saturated rings. The first-order valence-corrected chi connectivity index (χ1v) is 5.76. The number of hydrogen-bond acceptors (Lipinski definition) is 3. The largest absolute Gasteiger partial charge is 0.366 e. The lowest BCUT2D eigenvalue weighted by atomic mass is 10.2. The molecule has 0 radical (unpaired) electrons. The summed E-state index contributed by atoms with van der Waals surface area (Å²) in [6, 6.07) is 3.24. The van der Waals surface area contributed by atoms with Crippen LogP contribution in [-0.2, 0) is 10.0 Å². The lowest BCUT2D eigenvalue weighted by Gasteiger charge is -2.05. The Kier molecular flexibility index (Phi) is 2.94. The Balaban J connectivity index is 3.09. The SMILES string of the molecule is CS(=O)(=O)Nc1ccc(C(N)=O)cc1F. The van der Waals surface area contributed by atoms with Crippen molar-refractivity contribution in [3.63, 3.8) is 0 Å². The number of nitrogens with one attached hydrogen (secondary N) is 1. The molecule has 0 saturated heterocycles. The van der Waals surface area contributed by atoms with Crippen molar-refractivity contribution >= 4 is 21.6 Å². The number of amides is 1. The number of halogens is 1. The molecule has 5 nitrogen and oxygen atoms in total. The van der Waals surface area contributed by atoms with Crippen LogP contribution >= 0.6 is 0 Å². The number of rotatable bonds is 3. The van der Waals surface area contributed by atoms with Crippen molar-refractivity contribution in [3.05, 3.63) is 29.6 Å². The maximum Gasteiger partial charge on any atom is 0.248 e. The minimum absolute atomic E-state index is 0.0217. The predicted molar refractivity (Wildman–Crippen MR) is 53.4 cm³/mol. The van der Waals surface area contributed by atoms with Gasteiger partial charge in [-0.25, -0.2) is 12.8 Å². The number of carbonyl (C=O) groups excluding carboxylic acids is 1. The van der Waals surface area contributed by atoms with Gasteiger partial charge in [-0.05, 0) is 18.2 Å². The van der Waals surface area contributed by atoms with E-state index >= 15 is 0 Å². The molecule has 3 N–H and O–H groups in total. The number of sulfonamides is 1. The number of hydrogen-bond donors (Lipinski definition) is 2. The Morgan fingerprint density at radius 3 is 2.47 bits per heavy atom. The van der Waals surface area contributed by atoms with Gasteiger partial charge in [-0.2, -0.15) is 0 Å². The number of benzene rings is 1. The molecule has 1 aromatic carbocycles. The van der Waals surface area contributed by atoms with Crippen molar-refractivity contribution in [2.45, 2.75) is 0 Å². The molecule has 1 amide bonds. The first kappa shape index (κ1) is 11.4. The third-order valence-corrected chi connectivity index (χ3v) is 2.14. The van der Waals surface area contributed by atoms with Gasteiger partial charge in [0.1, 0.15) is 5.82 Å². The van der Waals surface area contributed by atoms with E-state index in [-0.39, 0.29) is 11.3 Å². The summed E-state index contributed by atoms with van der Waals surface area (Å²) >= 11 is 0. The highest BCUT2D eigenvalue weighted by Gasteiger charge is 2.09. The van der Waals surface area contributed by atoms with E-state index in [2.05, 4.69) is 0 Å². The first-order valence-electron chi connectivity index (χ1n) is 3.87. The van der Waals surface area contributed by atoms with Crippen LogP contribution in [0.4, 0.5) is 10.1 Å². The quantitative estimate of drug-likeness (QED) is 0.785. The van der Waals surface area contributed by atoms with Gasteiger partial charge < -0.3 is 5.73 Å². The van der Waals surface area contributed by atoms with E-state index in [1.807, 2.05) is 4.72 Å². The van der Waals surface area contributed by atoms with Crippen LogP contribution in [0.5, 0.6) is 0 Å². The summed E-state index contributed by atoms with van der Waals surface area (Å²) in [6.45, 7) is 0. The van der Waals surface area contributed by atoms with Crippen molar-refractivity contribution in [2.75, 3.05) is 11.0 Å². The van der Waals surface area contributed by atoms with Gasteiger partial charge in [-0.1, -0.05) is 0 Å². The molecule has 1 aromatic rings. The van der Waals surface area contributed by atoms with Crippen molar-refractivity contribution < 1.29 is 17.6 Å². The standard InChI is InChI=1S/C8H9FN2O3S/c1-15(13,14)11-7-3-2-5(8(10)12)4-6(7)9/h2-4,11H,1H3,(H2,10,12). The minimum atomic E-state index is -3.54. The monoisotopic (exact) mass is 232 g/mol. The maximum atomic E-state index is 13.2. The van der Waals surface area contributed by atoms with Gasteiger partial charge in [0, 0.05) is 5.56 Å². The van der Waals surface area contributed by atoms with E-state index in [9.17, 15) is 17.6 Å². The van der Waals surface area contributed by atoms with Crippen LogP contribution in [0.3, 0.4) is 0 Å². The average molecular weight is 232 g/mol. The summed E-state index contributed by atoms with van der Waals surface area (Å²) < 4.78 is 36.8. The topological polar surface area (TPSA) is 89.3 Å². The minimum Gasteiger partial charge on any atom is -0.366 e. The number of nitrogens with two attached hydrogens (primary N) is 1. The van der Waals surface area contributed by atoms with Crippen molar-refractivity contribution in [1.29, 1.82) is 0 Å². The van der Waals surface area contributed by atoms with Gasteiger partial charge in [0.05, 0.1) is 11.9 Å². The molecule has 82 valence electrons. The van der Waals surface area contributed by atoms with Crippen LogP contribution in [-0.4, -0.2) is 20.6 Å². The van der Waals surface area contributed by atoms with Crippen LogP contribution < -0.4 is 10.5 Å². The van der Waals surface area contributed by atoms with Gasteiger partial charge in [0.25, 0.3) is 0 Å². The predicted octanol–water partition coefficient (Wildman–Crippen LogP) is 0.296. The summed E-state index contributed by atoms with van der Waals surface area (Å²) in [5.74, 6) is -1.63. The zero-order valence-corrected chi connectivity index (χ0v) is 8.64. The molecule has 0 heterocycles. The molecule has 0 unspecified atom stereocenters. The molecule has 0 aliphatic heterocycles. The number of anilines is 1. The highest BCUT2D eigenvalue weighted by Crippen LogP contribution is 2.16. The Bertz CT molecular complexity index is 499. The zero-order chi connectivity index (χ0) is 11.6. The molecule has 0 aliphatic rings. The fraction of sp³-hybridized carbons (Fsp3) is 0.125. The summed E-state index contributed by atoms with van der Waals surface area (Å²) in [4.78, 5) is 10.7. The van der Waals surface area contributed by atoms with Crippen molar-refractivity contribution in [1.82, 2.24) is 0 Å². The van der Waals surface area contributed by atoms with Gasteiger partial charge in [-0.15, -0.1) is 0 Å². The van der Waals surface area contributed by atoms with Gasteiger partial charge in [0.15, 0.2) is 0 Å². The Morgan fingerprint density at radius 2 is 2.07 bits per heavy atom. The van der Waals surface area contributed by atoms with Crippen molar-refractivity contribution in [3.8, 4) is 0 Å². The third kappa shape index (κ3) is 3.21. The van der Waals surface area contributed by atoms with Crippen LogP contribution in [0, 0.1) is 5.82 Å². The van der Waals surface area contributed by atoms with Gasteiger partial charge in [-0.3, -0.25) is 9.52 Å². The number of carbonyl (C=O) groups is 1. The van der Waals surface area contributed by atoms with Crippen LogP contribution in [0.25, 0.3) is 0 Å². The normalized spacial score (nSPS) is 11.1. The van der Waals surface area contributed by atoms with E-state index < -0.39 is 21.7 Å². The molecule has 15 heavy (non-hydrogen) atoms. The summed E-state index contributed by atoms with van der Waals surface area (Å²) in [6.07, 6.45) is 0.897. The summed E-state index contributed by atoms with van der Waals surface area (Å²) in [5.41, 5.74) is 4.67. The fourth-order valence-corrected chi connectivity index (χ4v) is 1.52. The highest BCUT2D eigenvalue weighted by atomic mass is 32.2. The lowest BCUT2D eigenvalue weighted by Crippen LogP contribution is -2.14. The Labute approximate surface area is 86.1 Å². The zero-order valence-electron chi connectivity index (χ0n) is 7.82. The fourth-order valence-electron chi connectivity index (χ4n) is 0.951. The smallest absolute Gasteiger partial charge is 0.248 e.